The number of anilines is 6. The van der Waals surface area contributed by atoms with Crippen LogP contribution in [0.5, 0.6) is 0 Å². The average Bonchev–Trinajstić information content (AvgIpc) is 4.13. The van der Waals surface area contributed by atoms with Crippen LogP contribution in [0.3, 0.4) is 0 Å². The van der Waals surface area contributed by atoms with Gasteiger partial charge in [-0.15, -0.1) is 22.7 Å². The van der Waals surface area contributed by atoms with Gasteiger partial charge in [-0.05, 0) is 169 Å². The Labute approximate surface area is 427 Å². The van der Waals surface area contributed by atoms with Gasteiger partial charge in [0.15, 0.2) is 0 Å². The molecule has 0 aliphatic heterocycles. The maximum atomic E-state index is 6.87. The number of benzene rings is 13. The molecule has 0 aliphatic rings. The molecule has 0 atom stereocenters. The van der Waals surface area contributed by atoms with Gasteiger partial charge in [-0.3, -0.25) is 0 Å². The molecule has 0 radical (unpaired) electrons. The first-order chi connectivity index (χ1) is 36.1. The number of rotatable bonds is 6. The molecule has 0 unspecified atom stereocenters. The zero-order valence-corrected chi connectivity index (χ0v) is 40.8. The lowest BCUT2D eigenvalue weighted by atomic mass is 9.92. The number of hydrogen-bond acceptors (Lipinski definition) is 5. The third-order valence-corrected chi connectivity index (χ3v) is 17.4. The van der Waals surface area contributed by atoms with Gasteiger partial charge in [0, 0.05) is 85.2 Å². The summed E-state index contributed by atoms with van der Waals surface area (Å²) < 4.78 is 12.1. The zero-order valence-electron chi connectivity index (χ0n) is 39.2. The molecule has 0 saturated carbocycles. The number of nitrogens with zero attached hydrogens (tertiary/aromatic N) is 2. The molecule has 16 aromatic rings. The van der Waals surface area contributed by atoms with E-state index >= 15 is 0 Å². The first-order valence-electron chi connectivity index (χ1n) is 24.8. The SMILES string of the molecule is c1ccc2cc(N(c3ccc4oc5cc6c7ccc(N(c8ccc9ccccc9c8)c8ccc9sc%10ccccc%10c9c8)cc7c7ccccc7c6cc5c4c3)c3ccc4sc5ccccc5c4c3)ccc2c1. The molecule has 0 saturated heterocycles. The van der Waals surface area contributed by atoms with E-state index in [9.17, 15) is 0 Å². The Kier molecular flexibility index (Phi) is 8.78. The maximum Gasteiger partial charge on any atom is 0.136 e. The second-order valence-corrected chi connectivity index (χ2v) is 21.4. The van der Waals surface area contributed by atoms with Gasteiger partial charge in [0.2, 0.25) is 0 Å². The van der Waals surface area contributed by atoms with Crippen LogP contribution in [0.15, 0.2) is 247 Å². The predicted molar refractivity (Wildman–Crippen MR) is 316 cm³/mol. The van der Waals surface area contributed by atoms with Gasteiger partial charge in [-0.2, -0.15) is 0 Å². The molecule has 13 aromatic carbocycles. The summed E-state index contributed by atoms with van der Waals surface area (Å²) >= 11 is 3.70. The van der Waals surface area contributed by atoms with E-state index in [0.29, 0.717) is 0 Å². The molecule has 0 N–H and O–H groups in total. The van der Waals surface area contributed by atoms with Crippen molar-refractivity contribution in [1.82, 2.24) is 0 Å². The molecule has 5 heteroatoms. The van der Waals surface area contributed by atoms with Gasteiger partial charge >= 0.3 is 0 Å². The van der Waals surface area contributed by atoms with Gasteiger partial charge in [0.1, 0.15) is 11.2 Å². The highest BCUT2D eigenvalue weighted by Crippen LogP contribution is 2.47. The molecule has 3 nitrogen and oxygen atoms in total. The molecule has 3 aromatic heterocycles. The summed E-state index contributed by atoms with van der Waals surface area (Å²) in [5.74, 6) is 0. The molecule has 3 heterocycles. The van der Waals surface area contributed by atoms with Crippen molar-refractivity contribution in [3.8, 4) is 0 Å². The van der Waals surface area contributed by atoms with Crippen LogP contribution >= 0.6 is 22.7 Å². The number of furan rings is 1. The Morgan fingerprint density at radius 1 is 0.219 bits per heavy atom. The molecular formula is C68H40N2OS2. The van der Waals surface area contributed by atoms with Gasteiger partial charge in [0.25, 0.3) is 0 Å². The minimum atomic E-state index is 0.865. The fraction of sp³-hybridized carbons (Fsp3) is 0. The highest BCUT2D eigenvalue weighted by molar-refractivity contribution is 7.26. The maximum absolute atomic E-state index is 6.87. The van der Waals surface area contributed by atoms with Gasteiger partial charge in [0.05, 0.1) is 0 Å². The topological polar surface area (TPSA) is 19.6 Å². The summed E-state index contributed by atoms with van der Waals surface area (Å²) in [6.07, 6.45) is 0. The highest BCUT2D eigenvalue weighted by Gasteiger charge is 2.21. The molecule has 340 valence electrons. The fourth-order valence-corrected chi connectivity index (χ4v) is 13.9. The first-order valence-corrected chi connectivity index (χ1v) is 26.4. The number of fused-ring (bicyclic) bond motifs is 17. The standard InChI is InChI=1S/C68H40N2OS2/c1-3-13-43-33-45(23-21-41(43)11-1)69(49-27-31-67-61(37-49)54-17-7-9-19-65(54)72-67)47-25-29-53-56(35-47)51-15-5-6-16-52(51)57-39-60-59-36-48(26-30-63(59)71-64(60)40-58(53)57)70(46-24-22-42-12-2-4-14-44(42)34-46)50-28-32-68-62(38-50)55-18-8-10-20-66(55)73-68/h1-40H. The summed E-state index contributed by atoms with van der Waals surface area (Å²) in [6, 6.07) is 89.5. The Morgan fingerprint density at radius 3 is 1.16 bits per heavy atom. The van der Waals surface area contributed by atoms with Crippen molar-refractivity contribution in [1.29, 1.82) is 0 Å². The number of hydrogen-bond donors (Lipinski definition) is 0. The largest absolute Gasteiger partial charge is 0.456 e. The van der Waals surface area contributed by atoms with Crippen LogP contribution < -0.4 is 9.80 Å². The van der Waals surface area contributed by atoms with Crippen LogP contribution in [0.2, 0.25) is 0 Å². The fourth-order valence-electron chi connectivity index (χ4n) is 11.7. The Morgan fingerprint density at radius 2 is 0.589 bits per heavy atom. The number of thiophene rings is 2. The van der Waals surface area contributed by atoms with Crippen molar-refractivity contribution in [2.45, 2.75) is 0 Å². The van der Waals surface area contributed by atoms with E-state index in [-0.39, 0.29) is 0 Å². The predicted octanol–water partition coefficient (Wildman–Crippen LogP) is 21.0. The molecule has 0 amide bonds. The van der Waals surface area contributed by atoms with Crippen LogP contribution in [0.25, 0.3) is 116 Å². The lowest BCUT2D eigenvalue weighted by Gasteiger charge is -2.27. The van der Waals surface area contributed by atoms with Crippen molar-refractivity contribution in [2.24, 2.45) is 0 Å². The monoisotopic (exact) mass is 964 g/mol. The molecule has 16 rings (SSSR count). The van der Waals surface area contributed by atoms with Crippen molar-refractivity contribution < 1.29 is 4.42 Å². The second-order valence-electron chi connectivity index (χ2n) is 19.2. The lowest BCUT2D eigenvalue weighted by molar-refractivity contribution is 0.669. The molecule has 0 fully saturated rings. The normalized spacial score (nSPS) is 12.1. The average molecular weight is 965 g/mol. The Hall–Kier alpha value is -9.00. The second kappa shape index (κ2) is 15.8. The van der Waals surface area contributed by atoms with Crippen molar-refractivity contribution >= 4 is 173 Å². The third kappa shape index (κ3) is 6.36. The summed E-state index contributed by atoms with van der Waals surface area (Å²) in [4.78, 5) is 4.83. The summed E-state index contributed by atoms with van der Waals surface area (Å²) in [7, 11) is 0. The third-order valence-electron chi connectivity index (χ3n) is 15.1. The molecule has 0 bridgehead atoms. The minimum Gasteiger partial charge on any atom is -0.456 e. The van der Waals surface area contributed by atoms with E-state index in [4.69, 9.17) is 4.42 Å². The van der Waals surface area contributed by atoms with Crippen LogP contribution in [0.4, 0.5) is 34.1 Å². The zero-order chi connectivity index (χ0) is 47.7. The molecule has 0 spiro atoms. The van der Waals surface area contributed by atoms with E-state index in [1.165, 1.54) is 94.2 Å². The summed E-state index contributed by atoms with van der Waals surface area (Å²) in [5.41, 5.74) is 8.37. The van der Waals surface area contributed by atoms with Crippen molar-refractivity contribution in [3.05, 3.63) is 243 Å². The van der Waals surface area contributed by atoms with Crippen LogP contribution in [-0.2, 0) is 0 Å². The van der Waals surface area contributed by atoms with Crippen molar-refractivity contribution in [2.75, 3.05) is 9.80 Å². The molecular weight excluding hydrogens is 925 g/mol. The van der Waals surface area contributed by atoms with Crippen LogP contribution in [-0.4, -0.2) is 0 Å². The van der Waals surface area contributed by atoms with Crippen LogP contribution in [0, 0.1) is 0 Å². The lowest BCUT2D eigenvalue weighted by Crippen LogP contribution is -2.10. The van der Waals surface area contributed by atoms with Crippen molar-refractivity contribution in [3.63, 3.8) is 0 Å². The minimum absolute atomic E-state index is 0.865. The van der Waals surface area contributed by atoms with Crippen LogP contribution in [0.1, 0.15) is 0 Å². The smallest absolute Gasteiger partial charge is 0.136 e. The highest BCUT2D eigenvalue weighted by atomic mass is 32.1. The van der Waals surface area contributed by atoms with E-state index in [0.717, 1.165) is 56.1 Å². The summed E-state index contributed by atoms with van der Waals surface area (Å²) in [6.45, 7) is 0. The Balaban J connectivity index is 0.882. The van der Waals surface area contributed by atoms with E-state index in [1.807, 2.05) is 22.7 Å². The van der Waals surface area contributed by atoms with Gasteiger partial charge in [-0.1, -0.05) is 127 Å². The molecule has 0 aliphatic carbocycles. The molecule has 73 heavy (non-hydrogen) atoms. The first kappa shape index (κ1) is 40.7. The quantitative estimate of drug-likeness (QED) is 0.155. The van der Waals surface area contributed by atoms with E-state index in [1.54, 1.807) is 0 Å². The van der Waals surface area contributed by atoms with E-state index in [2.05, 4.69) is 252 Å². The Bertz CT molecular complexity index is 4960. The van der Waals surface area contributed by atoms with Gasteiger partial charge < -0.3 is 14.2 Å². The summed E-state index contributed by atoms with van der Waals surface area (Å²) in [5, 5.41) is 19.4. The van der Waals surface area contributed by atoms with Gasteiger partial charge in [-0.25, -0.2) is 0 Å². The van der Waals surface area contributed by atoms with E-state index < -0.39 is 0 Å².